The summed E-state index contributed by atoms with van der Waals surface area (Å²) in [5.41, 5.74) is 13.8. The zero-order valence-electron chi connectivity index (χ0n) is 15.2. The van der Waals surface area contributed by atoms with Gasteiger partial charge in [0, 0.05) is 18.3 Å². The van der Waals surface area contributed by atoms with E-state index in [9.17, 15) is 4.79 Å². The van der Waals surface area contributed by atoms with Crippen LogP contribution in [-0.4, -0.2) is 34.9 Å². The van der Waals surface area contributed by atoms with Crippen LogP contribution in [0.2, 0.25) is 0 Å². The molecule has 138 valence electrons. The molecule has 1 heterocycles. The second-order valence-corrected chi connectivity index (χ2v) is 6.72. The number of methoxy groups -OCH3 is 1. The molecule has 2 atom stereocenters. The minimum atomic E-state index is -0.260. The topological polar surface area (TPSA) is 116 Å². The molecule has 1 fully saturated rings. The molecular formula is C19H25N5O2. The molecule has 1 aromatic heterocycles. The summed E-state index contributed by atoms with van der Waals surface area (Å²) >= 11 is 0. The molecule has 7 heteroatoms. The largest absolute Gasteiger partial charge is 0.496 e. The summed E-state index contributed by atoms with van der Waals surface area (Å²) < 4.78 is 5.29. The van der Waals surface area contributed by atoms with Gasteiger partial charge in [0.05, 0.1) is 18.2 Å². The van der Waals surface area contributed by atoms with E-state index in [4.69, 9.17) is 16.2 Å². The van der Waals surface area contributed by atoms with Gasteiger partial charge in [-0.1, -0.05) is 24.5 Å². The third-order valence-corrected chi connectivity index (χ3v) is 4.80. The van der Waals surface area contributed by atoms with E-state index in [0.717, 1.165) is 31.2 Å². The third kappa shape index (κ3) is 3.77. The quantitative estimate of drug-likeness (QED) is 0.705. The number of aromatic nitrogens is 2. The fourth-order valence-corrected chi connectivity index (χ4v) is 3.29. The fraction of sp³-hybridized carbons (Fsp3) is 0.421. The predicted octanol–water partition coefficient (Wildman–Crippen LogP) is 2.29. The van der Waals surface area contributed by atoms with Crippen molar-refractivity contribution < 1.29 is 9.53 Å². The summed E-state index contributed by atoms with van der Waals surface area (Å²) in [5.74, 6) is 0.775. The average molecular weight is 355 g/mol. The van der Waals surface area contributed by atoms with E-state index in [1.54, 1.807) is 12.1 Å². The number of nitrogens with one attached hydrogen (secondary N) is 1. The molecule has 0 bridgehead atoms. The molecule has 0 spiro atoms. The first-order valence-electron chi connectivity index (χ1n) is 8.83. The van der Waals surface area contributed by atoms with Gasteiger partial charge in [0.2, 0.25) is 11.7 Å². The lowest BCUT2D eigenvalue weighted by Gasteiger charge is -2.29. The Morgan fingerprint density at radius 1 is 1.27 bits per heavy atom. The summed E-state index contributed by atoms with van der Waals surface area (Å²) in [4.78, 5) is 21.4. The average Bonchev–Trinajstić information content (AvgIpc) is 2.63. The van der Waals surface area contributed by atoms with Crippen molar-refractivity contribution in [1.29, 1.82) is 0 Å². The molecule has 3 rings (SSSR count). The molecule has 0 aliphatic heterocycles. The standard InChI is InChI=1S/C19H25N5O2/c1-11-7-8-16(26-2)12(9-11)17(25)13-10-22-19(24-18(13)21)23-15-6-4-3-5-14(15)20/h7-10,14-15H,3-6,20H2,1-2H3,(H3,21,22,23,24). The van der Waals surface area contributed by atoms with Crippen LogP contribution in [0.1, 0.15) is 47.2 Å². The summed E-state index contributed by atoms with van der Waals surface area (Å²) in [6.45, 7) is 1.91. The van der Waals surface area contributed by atoms with Crippen LogP contribution < -0.4 is 21.5 Å². The van der Waals surface area contributed by atoms with E-state index in [-0.39, 0.29) is 29.2 Å². The van der Waals surface area contributed by atoms with E-state index in [1.807, 2.05) is 13.0 Å². The van der Waals surface area contributed by atoms with Gasteiger partial charge >= 0.3 is 0 Å². The molecule has 7 nitrogen and oxygen atoms in total. The lowest BCUT2D eigenvalue weighted by atomic mass is 9.91. The Bertz CT molecular complexity index is 809. The van der Waals surface area contributed by atoms with Gasteiger partial charge in [-0.25, -0.2) is 4.98 Å². The summed E-state index contributed by atoms with van der Waals surface area (Å²) in [5, 5.41) is 3.25. The van der Waals surface area contributed by atoms with Gasteiger partial charge in [0.1, 0.15) is 11.6 Å². The van der Waals surface area contributed by atoms with Crippen LogP contribution >= 0.6 is 0 Å². The number of nitrogens with zero attached hydrogens (tertiary/aromatic N) is 2. The second kappa shape index (κ2) is 7.70. The maximum absolute atomic E-state index is 12.9. The highest BCUT2D eigenvalue weighted by Crippen LogP contribution is 2.25. The fourth-order valence-electron chi connectivity index (χ4n) is 3.29. The number of ether oxygens (including phenoxy) is 1. The second-order valence-electron chi connectivity index (χ2n) is 6.72. The van der Waals surface area contributed by atoms with Crippen molar-refractivity contribution in [2.45, 2.75) is 44.7 Å². The van der Waals surface area contributed by atoms with Gasteiger partial charge < -0.3 is 21.5 Å². The molecule has 26 heavy (non-hydrogen) atoms. The van der Waals surface area contributed by atoms with Gasteiger partial charge in [0.15, 0.2) is 0 Å². The number of nitrogens with two attached hydrogens (primary N) is 2. The Balaban J connectivity index is 1.83. The highest BCUT2D eigenvalue weighted by Gasteiger charge is 2.23. The number of carbonyl (C=O) groups excluding carboxylic acids is 1. The molecule has 0 radical (unpaired) electrons. The predicted molar refractivity (Wildman–Crippen MR) is 101 cm³/mol. The maximum atomic E-state index is 12.9. The summed E-state index contributed by atoms with van der Waals surface area (Å²) in [6, 6.07) is 5.62. The van der Waals surface area contributed by atoms with E-state index in [0.29, 0.717) is 17.3 Å². The minimum Gasteiger partial charge on any atom is -0.496 e. The zero-order valence-corrected chi connectivity index (χ0v) is 15.2. The molecule has 1 aliphatic rings. The van der Waals surface area contributed by atoms with Crippen molar-refractivity contribution in [1.82, 2.24) is 9.97 Å². The lowest BCUT2D eigenvalue weighted by molar-refractivity contribution is 0.103. The Kier molecular flexibility index (Phi) is 5.37. The van der Waals surface area contributed by atoms with E-state index >= 15 is 0 Å². The molecule has 5 N–H and O–H groups in total. The Morgan fingerprint density at radius 2 is 2.04 bits per heavy atom. The van der Waals surface area contributed by atoms with E-state index < -0.39 is 0 Å². The number of carbonyl (C=O) groups is 1. The lowest BCUT2D eigenvalue weighted by Crippen LogP contribution is -2.43. The Hall–Kier alpha value is -2.67. The Morgan fingerprint density at radius 3 is 2.73 bits per heavy atom. The number of aryl methyl sites for hydroxylation is 1. The van der Waals surface area contributed by atoms with Crippen LogP contribution in [0.5, 0.6) is 5.75 Å². The molecule has 1 aliphatic carbocycles. The van der Waals surface area contributed by atoms with Crippen molar-refractivity contribution in [2.75, 3.05) is 18.2 Å². The van der Waals surface area contributed by atoms with Crippen molar-refractivity contribution >= 4 is 17.5 Å². The molecule has 0 saturated heterocycles. The van der Waals surface area contributed by atoms with Gasteiger partial charge in [-0.2, -0.15) is 4.98 Å². The van der Waals surface area contributed by atoms with E-state index in [2.05, 4.69) is 15.3 Å². The minimum absolute atomic E-state index is 0.0754. The summed E-state index contributed by atoms with van der Waals surface area (Å²) in [6.07, 6.45) is 5.70. The van der Waals surface area contributed by atoms with Crippen LogP contribution in [0.25, 0.3) is 0 Å². The van der Waals surface area contributed by atoms with Crippen LogP contribution in [0, 0.1) is 6.92 Å². The highest BCUT2D eigenvalue weighted by atomic mass is 16.5. The van der Waals surface area contributed by atoms with Gasteiger partial charge in [0.25, 0.3) is 0 Å². The maximum Gasteiger partial charge on any atom is 0.224 e. The molecule has 1 aromatic carbocycles. The highest BCUT2D eigenvalue weighted by molar-refractivity contribution is 6.13. The number of anilines is 2. The van der Waals surface area contributed by atoms with E-state index in [1.165, 1.54) is 13.3 Å². The first-order valence-corrected chi connectivity index (χ1v) is 8.83. The number of benzene rings is 1. The number of hydrogen-bond donors (Lipinski definition) is 3. The zero-order chi connectivity index (χ0) is 18.7. The first kappa shape index (κ1) is 18.1. The van der Waals surface area contributed by atoms with Crippen LogP contribution in [0.3, 0.4) is 0 Å². The monoisotopic (exact) mass is 355 g/mol. The SMILES string of the molecule is COc1ccc(C)cc1C(=O)c1cnc(NC2CCCCC2N)nc1N. The van der Waals surface area contributed by atoms with Gasteiger partial charge in [-0.15, -0.1) is 0 Å². The van der Waals surface area contributed by atoms with Gasteiger partial charge in [-0.05, 0) is 31.9 Å². The van der Waals surface area contributed by atoms with Crippen LogP contribution in [-0.2, 0) is 0 Å². The summed E-state index contributed by atoms with van der Waals surface area (Å²) in [7, 11) is 1.53. The normalized spacial score (nSPS) is 19.8. The smallest absolute Gasteiger partial charge is 0.224 e. The Labute approximate surface area is 153 Å². The van der Waals surface area contributed by atoms with Gasteiger partial charge in [-0.3, -0.25) is 4.79 Å². The number of nitrogen functional groups attached to an aromatic ring is 1. The van der Waals surface area contributed by atoms with Crippen LogP contribution in [0.4, 0.5) is 11.8 Å². The number of rotatable bonds is 5. The molecular weight excluding hydrogens is 330 g/mol. The van der Waals surface area contributed by atoms with Crippen molar-refractivity contribution in [3.63, 3.8) is 0 Å². The van der Waals surface area contributed by atoms with Crippen molar-refractivity contribution in [2.24, 2.45) is 5.73 Å². The molecule has 2 aromatic rings. The van der Waals surface area contributed by atoms with Crippen molar-refractivity contribution in [3.8, 4) is 5.75 Å². The molecule has 0 amide bonds. The van der Waals surface area contributed by atoms with Crippen LogP contribution in [0.15, 0.2) is 24.4 Å². The van der Waals surface area contributed by atoms with Crippen molar-refractivity contribution in [3.05, 3.63) is 41.1 Å². The first-order chi connectivity index (χ1) is 12.5. The third-order valence-electron chi connectivity index (χ3n) is 4.80. The molecule has 2 unspecified atom stereocenters. The number of ketones is 1. The number of hydrogen-bond acceptors (Lipinski definition) is 7. The molecule has 1 saturated carbocycles.